The number of carbonyl (C=O) groups is 2. The molecule has 2 heterocycles. The lowest BCUT2D eigenvalue weighted by atomic mass is 10.1. The number of amides is 1. The molecule has 1 amide bonds. The van der Waals surface area contributed by atoms with E-state index in [1.54, 1.807) is 6.07 Å². The van der Waals surface area contributed by atoms with E-state index in [-0.39, 0.29) is 11.9 Å². The molecule has 0 saturated carbocycles. The molecule has 30 heavy (non-hydrogen) atoms. The van der Waals surface area contributed by atoms with Crippen LogP contribution in [-0.2, 0) is 17.6 Å². The summed E-state index contributed by atoms with van der Waals surface area (Å²) in [6.45, 7) is 2.22. The minimum Gasteiger partial charge on any atom is -0.477 e. The second-order valence-corrected chi connectivity index (χ2v) is 8.83. The number of hydrogen-bond acceptors (Lipinski definition) is 3. The van der Waals surface area contributed by atoms with Gasteiger partial charge in [-0.15, -0.1) is 17.1 Å². The van der Waals surface area contributed by atoms with Gasteiger partial charge in [-0.05, 0) is 61.2 Å². The zero-order valence-corrected chi connectivity index (χ0v) is 18.3. The third-order valence-corrected chi connectivity index (χ3v) is 6.47. The van der Waals surface area contributed by atoms with Gasteiger partial charge in [0.25, 0.3) is 0 Å². The van der Waals surface area contributed by atoms with Crippen LogP contribution < -0.4 is 4.90 Å². The molecule has 1 atom stereocenters. The maximum atomic E-state index is 12.4. The van der Waals surface area contributed by atoms with Crippen LogP contribution in [0.1, 0.15) is 65.6 Å². The van der Waals surface area contributed by atoms with E-state index in [1.807, 2.05) is 23.1 Å². The predicted molar refractivity (Wildman–Crippen MR) is 122 cm³/mol. The van der Waals surface area contributed by atoms with E-state index in [4.69, 9.17) is 5.11 Å². The molecular formula is C25H29NO3S. The molecule has 1 saturated heterocycles. The molecule has 158 valence electrons. The Balaban J connectivity index is 1.60. The number of aromatic carboxylic acids is 1. The number of carboxylic acids is 1. The van der Waals surface area contributed by atoms with Crippen molar-refractivity contribution in [2.75, 3.05) is 4.90 Å². The highest BCUT2D eigenvalue weighted by Crippen LogP contribution is 2.28. The number of carbonyl (C=O) groups excluding carboxylic acids is 1. The van der Waals surface area contributed by atoms with Crippen molar-refractivity contribution in [1.82, 2.24) is 0 Å². The number of hydrogen-bond donors (Lipinski definition) is 1. The van der Waals surface area contributed by atoms with E-state index in [1.165, 1.54) is 42.6 Å². The van der Waals surface area contributed by atoms with E-state index >= 15 is 0 Å². The molecule has 0 radical (unpaired) electrons. The van der Waals surface area contributed by atoms with Crippen LogP contribution in [0, 0.1) is 0 Å². The van der Waals surface area contributed by atoms with Gasteiger partial charge < -0.3 is 10.0 Å². The Hall–Kier alpha value is -2.62. The lowest BCUT2D eigenvalue weighted by Crippen LogP contribution is -2.31. The normalized spacial score (nSPS) is 15.8. The number of unbranched alkanes of at least 4 members (excludes halogenated alkanes) is 3. The first-order chi connectivity index (χ1) is 14.6. The summed E-state index contributed by atoms with van der Waals surface area (Å²) in [5, 5.41) is 9.00. The van der Waals surface area contributed by atoms with E-state index in [2.05, 4.69) is 36.9 Å². The number of nitrogens with zero attached hydrogens (tertiary/aromatic N) is 1. The maximum Gasteiger partial charge on any atom is 0.345 e. The van der Waals surface area contributed by atoms with Gasteiger partial charge in [0.05, 0.1) is 6.04 Å². The van der Waals surface area contributed by atoms with Gasteiger partial charge in [0, 0.05) is 23.4 Å². The number of aryl methyl sites for hydroxylation is 1. The van der Waals surface area contributed by atoms with E-state index in [9.17, 15) is 9.59 Å². The minimum atomic E-state index is -0.891. The molecule has 1 aromatic heterocycles. The highest BCUT2D eigenvalue weighted by Gasteiger charge is 2.30. The zero-order chi connectivity index (χ0) is 21.3. The van der Waals surface area contributed by atoms with Gasteiger partial charge in [-0.2, -0.15) is 0 Å². The van der Waals surface area contributed by atoms with Crippen LogP contribution in [0.2, 0.25) is 0 Å². The average Bonchev–Trinajstić information content (AvgIpc) is 3.36. The third kappa shape index (κ3) is 5.94. The summed E-state index contributed by atoms with van der Waals surface area (Å²) in [5.74, 6) is -0.740. The fraction of sp³-hybridized carbons (Fsp3) is 0.400. The molecule has 0 bridgehead atoms. The van der Waals surface area contributed by atoms with Gasteiger partial charge in [0.1, 0.15) is 4.88 Å². The standard InChI is InChI=1S/C25H29NO3S/c1-2-3-4-5-8-19-11-13-21(14-12-19)26-20(15-18-24(26)27)9-6-7-10-22-16-17-23(30-22)25(28)29/h7,9,11-14,16-17,20H,2-5,8,10,15,18H2,1H3,(H,28,29). The predicted octanol–water partition coefficient (Wildman–Crippen LogP) is 6.02. The molecule has 3 rings (SSSR count). The van der Waals surface area contributed by atoms with Gasteiger partial charge in [0.2, 0.25) is 5.91 Å². The number of thiophene rings is 1. The van der Waals surface area contributed by atoms with Gasteiger partial charge >= 0.3 is 5.97 Å². The lowest BCUT2D eigenvalue weighted by molar-refractivity contribution is -0.117. The number of rotatable bonds is 10. The largest absolute Gasteiger partial charge is 0.477 e. The van der Waals surface area contributed by atoms with E-state index < -0.39 is 5.97 Å². The molecular weight excluding hydrogens is 394 g/mol. The first-order valence-corrected chi connectivity index (χ1v) is 11.5. The van der Waals surface area contributed by atoms with E-state index in [0.29, 0.717) is 17.7 Å². The molecule has 1 N–H and O–H groups in total. The van der Waals surface area contributed by atoms with Gasteiger partial charge in [-0.1, -0.05) is 38.3 Å². The van der Waals surface area contributed by atoms with Crippen molar-refractivity contribution in [2.45, 2.75) is 64.3 Å². The van der Waals surface area contributed by atoms with Crippen molar-refractivity contribution in [1.29, 1.82) is 0 Å². The lowest BCUT2D eigenvalue weighted by Gasteiger charge is -2.22. The fourth-order valence-electron chi connectivity index (χ4n) is 3.72. The summed E-state index contributed by atoms with van der Waals surface area (Å²) in [6, 6.07) is 11.9. The first-order valence-electron chi connectivity index (χ1n) is 10.7. The molecule has 1 aliphatic rings. The fourth-order valence-corrected chi connectivity index (χ4v) is 4.53. The first kappa shape index (κ1) is 22.1. The maximum absolute atomic E-state index is 12.4. The Morgan fingerprint density at radius 2 is 2.00 bits per heavy atom. The Bertz CT molecular complexity index is 922. The van der Waals surface area contributed by atoms with Crippen LogP contribution in [0.3, 0.4) is 0 Å². The van der Waals surface area contributed by atoms with Crippen molar-refractivity contribution < 1.29 is 14.7 Å². The second kappa shape index (κ2) is 11.0. The Kier molecular flexibility index (Phi) is 8.06. The molecule has 1 aromatic carbocycles. The highest BCUT2D eigenvalue weighted by atomic mass is 32.1. The summed E-state index contributed by atoms with van der Waals surface area (Å²) >= 11 is 1.28. The zero-order valence-electron chi connectivity index (χ0n) is 17.5. The molecule has 1 fully saturated rings. The molecule has 1 aliphatic heterocycles. The molecule has 1 unspecified atom stereocenters. The van der Waals surface area contributed by atoms with Crippen molar-refractivity contribution in [3.63, 3.8) is 0 Å². The van der Waals surface area contributed by atoms with Crippen molar-refractivity contribution in [2.24, 2.45) is 0 Å². The number of benzene rings is 1. The summed E-state index contributed by atoms with van der Waals surface area (Å²) in [6.07, 6.45) is 11.9. The summed E-state index contributed by atoms with van der Waals surface area (Å²) in [5.41, 5.74) is 5.47. The molecule has 2 aromatic rings. The third-order valence-electron chi connectivity index (χ3n) is 5.37. The van der Waals surface area contributed by atoms with Crippen molar-refractivity contribution in [3.8, 4) is 0 Å². The van der Waals surface area contributed by atoms with Crippen molar-refractivity contribution >= 4 is 28.9 Å². The van der Waals surface area contributed by atoms with Crippen LogP contribution in [0.4, 0.5) is 5.69 Å². The minimum absolute atomic E-state index is 0.0158. The van der Waals surface area contributed by atoms with Gasteiger partial charge in [0.15, 0.2) is 0 Å². The molecule has 0 aliphatic carbocycles. The van der Waals surface area contributed by atoms with Crippen LogP contribution in [0.5, 0.6) is 0 Å². The summed E-state index contributed by atoms with van der Waals surface area (Å²) in [7, 11) is 0. The van der Waals surface area contributed by atoms with Crippen LogP contribution in [-0.4, -0.2) is 23.0 Å². The average molecular weight is 424 g/mol. The monoisotopic (exact) mass is 423 g/mol. The molecule has 5 heteroatoms. The number of anilines is 1. The smallest absolute Gasteiger partial charge is 0.345 e. The summed E-state index contributed by atoms with van der Waals surface area (Å²) < 4.78 is 0. The molecule has 4 nitrogen and oxygen atoms in total. The van der Waals surface area contributed by atoms with Crippen LogP contribution in [0.25, 0.3) is 0 Å². The Morgan fingerprint density at radius 3 is 2.70 bits per heavy atom. The van der Waals surface area contributed by atoms with E-state index in [0.717, 1.165) is 23.4 Å². The number of carboxylic acid groups (broad SMARTS) is 1. The van der Waals surface area contributed by atoms with Gasteiger partial charge in [-0.3, -0.25) is 4.79 Å². The molecule has 0 spiro atoms. The quantitative estimate of drug-likeness (QED) is 0.376. The Morgan fingerprint density at radius 1 is 1.20 bits per heavy atom. The second-order valence-electron chi connectivity index (χ2n) is 7.66. The van der Waals surface area contributed by atoms with Gasteiger partial charge in [-0.25, -0.2) is 4.79 Å². The SMILES string of the molecule is CCCCCCc1ccc(N2C(=O)CCC2C=C=CCc2ccc(C(=O)O)s2)cc1. The Labute approximate surface area is 182 Å². The summed E-state index contributed by atoms with van der Waals surface area (Å²) in [4.78, 5) is 26.6. The van der Waals surface area contributed by atoms with Crippen LogP contribution >= 0.6 is 11.3 Å². The highest BCUT2D eigenvalue weighted by molar-refractivity contribution is 7.13. The topological polar surface area (TPSA) is 57.6 Å². The van der Waals surface area contributed by atoms with Crippen molar-refractivity contribution in [3.05, 3.63) is 69.6 Å². The van der Waals surface area contributed by atoms with Crippen LogP contribution in [0.15, 0.2) is 54.3 Å².